The molecule has 0 aliphatic heterocycles. The summed E-state index contributed by atoms with van der Waals surface area (Å²) in [6.45, 7) is 1.50. The van der Waals surface area contributed by atoms with E-state index in [2.05, 4.69) is 10.3 Å². The molecule has 29 heavy (non-hydrogen) atoms. The van der Waals surface area contributed by atoms with Gasteiger partial charge in [-0.2, -0.15) is 0 Å². The standard InChI is InChI=1S/C20H16Cl2N2O3S2/c1-12(19(25)24-17-8-13(21)6-7-16(17)22)27-20(26)15-4-2-3-5-18(15)29-10-14-9-28-11-23-14/h2-9,11-12H,10H2,1H3,(H,24,25). The first-order valence-electron chi connectivity index (χ1n) is 8.50. The van der Waals surface area contributed by atoms with Gasteiger partial charge in [-0.05, 0) is 37.3 Å². The number of esters is 1. The fourth-order valence-electron chi connectivity index (χ4n) is 2.33. The van der Waals surface area contributed by atoms with Gasteiger partial charge in [-0.1, -0.05) is 35.3 Å². The number of amides is 1. The fraction of sp³-hybridized carbons (Fsp3) is 0.150. The molecule has 0 aliphatic rings. The zero-order valence-corrected chi connectivity index (χ0v) is 18.4. The van der Waals surface area contributed by atoms with Gasteiger partial charge in [-0.3, -0.25) is 4.79 Å². The van der Waals surface area contributed by atoms with Crippen LogP contribution >= 0.6 is 46.3 Å². The van der Waals surface area contributed by atoms with Crippen LogP contribution in [0.2, 0.25) is 10.0 Å². The van der Waals surface area contributed by atoms with Crippen molar-refractivity contribution < 1.29 is 14.3 Å². The molecule has 0 spiro atoms. The van der Waals surface area contributed by atoms with Crippen LogP contribution in [0.25, 0.3) is 0 Å². The third kappa shape index (κ3) is 5.96. The molecule has 1 N–H and O–H groups in total. The highest BCUT2D eigenvalue weighted by Gasteiger charge is 2.21. The van der Waals surface area contributed by atoms with Crippen LogP contribution < -0.4 is 5.32 Å². The molecule has 0 bridgehead atoms. The lowest BCUT2D eigenvalue weighted by atomic mass is 10.2. The second kappa shape index (κ2) is 10.1. The van der Waals surface area contributed by atoms with E-state index in [4.69, 9.17) is 27.9 Å². The predicted molar refractivity (Wildman–Crippen MR) is 118 cm³/mol. The van der Waals surface area contributed by atoms with E-state index < -0.39 is 18.0 Å². The van der Waals surface area contributed by atoms with E-state index in [-0.39, 0.29) is 0 Å². The van der Waals surface area contributed by atoms with Crippen molar-refractivity contribution in [3.63, 3.8) is 0 Å². The molecule has 2 aromatic carbocycles. The summed E-state index contributed by atoms with van der Waals surface area (Å²) >= 11 is 15.0. The van der Waals surface area contributed by atoms with Crippen LogP contribution in [-0.4, -0.2) is 23.0 Å². The lowest BCUT2D eigenvalue weighted by Gasteiger charge is -2.15. The minimum atomic E-state index is -1.02. The van der Waals surface area contributed by atoms with Gasteiger partial charge in [0.1, 0.15) is 0 Å². The van der Waals surface area contributed by atoms with E-state index in [0.29, 0.717) is 27.0 Å². The Morgan fingerprint density at radius 3 is 2.79 bits per heavy atom. The maximum absolute atomic E-state index is 12.6. The molecule has 0 radical (unpaired) electrons. The molecule has 0 saturated carbocycles. The molecule has 3 rings (SSSR count). The van der Waals surface area contributed by atoms with Crippen molar-refractivity contribution in [2.45, 2.75) is 23.7 Å². The van der Waals surface area contributed by atoms with Crippen LogP contribution in [0, 0.1) is 0 Å². The Morgan fingerprint density at radius 1 is 1.24 bits per heavy atom. The van der Waals surface area contributed by atoms with Gasteiger partial charge < -0.3 is 10.1 Å². The molecule has 1 aromatic heterocycles. The van der Waals surface area contributed by atoms with Crippen molar-refractivity contribution >= 4 is 63.9 Å². The van der Waals surface area contributed by atoms with Crippen LogP contribution in [0.15, 0.2) is 58.3 Å². The molecule has 0 saturated heterocycles. The monoisotopic (exact) mass is 466 g/mol. The maximum Gasteiger partial charge on any atom is 0.340 e. The summed E-state index contributed by atoms with van der Waals surface area (Å²) < 4.78 is 5.36. The molecule has 1 heterocycles. The average Bonchev–Trinajstić information content (AvgIpc) is 3.23. The number of benzene rings is 2. The molecule has 1 amide bonds. The molecular formula is C20H16Cl2N2O3S2. The number of rotatable bonds is 7. The van der Waals surface area contributed by atoms with Gasteiger partial charge in [0, 0.05) is 21.1 Å². The quantitative estimate of drug-likeness (QED) is 0.345. The number of nitrogens with one attached hydrogen (secondary N) is 1. The van der Waals surface area contributed by atoms with Gasteiger partial charge in [-0.15, -0.1) is 23.1 Å². The van der Waals surface area contributed by atoms with Crippen molar-refractivity contribution in [2.75, 3.05) is 5.32 Å². The van der Waals surface area contributed by atoms with E-state index in [1.165, 1.54) is 36.1 Å². The van der Waals surface area contributed by atoms with E-state index in [0.717, 1.165) is 10.6 Å². The molecule has 3 aromatic rings. The highest BCUT2D eigenvalue weighted by molar-refractivity contribution is 7.98. The largest absolute Gasteiger partial charge is 0.449 e. The fourth-order valence-corrected chi connectivity index (χ4v) is 4.27. The van der Waals surface area contributed by atoms with Gasteiger partial charge in [0.05, 0.1) is 27.5 Å². The Kier molecular flexibility index (Phi) is 7.55. The number of hydrogen-bond acceptors (Lipinski definition) is 6. The summed E-state index contributed by atoms with van der Waals surface area (Å²) in [4.78, 5) is 30.0. The second-order valence-corrected chi connectivity index (χ2v) is 8.51. The molecule has 1 atom stereocenters. The molecule has 9 heteroatoms. The average molecular weight is 467 g/mol. The van der Waals surface area contributed by atoms with E-state index in [9.17, 15) is 9.59 Å². The van der Waals surface area contributed by atoms with Crippen molar-refractivity contribution in [3.05, 3.63) is 74.7 Å². The molecule has 1 unspecified atom stereocenters. The first kappa shape index (κ1) is 21.6. The first-order chi connectivity index (χ1) is 13.9. The summed E-state index contributed by atoms with van der Waals surface area (Å²) in [5.41, 5.74) is 3.46. The smallest absolute Gasteiger partial charge is 0.340 e. The number of carbonyl (C=O) groups is 2. The normalized spacial score (nSPS) is 11.7. The van der Waals surface area contributed by atoms with Crippen LogP contribution in [-0.2, 0) is 15.3 Å². The molecule has 0 fully saturated rings. The zero-order valence-electron chi connectivity index (χ0n) is 15.2. The Morgan fingerprint density at radius 2 is 2.03 bits per heavy atom. The SMILES string of the molecule is CC(OC(=O)c1ccccc1SCc1cscn1)C(=O)Nc1cc(Cl)ccc1Cl. The van der Waals surface area contributed by atoms with Crippen LogP contribution in [0.5, 0.6) is 0 Å². The molecule has 150 valence electrons. The lowest BCUT2D eigenvalue weighted by Crippen LogP contribution is -2.30. The lowest BCUT2D eigenvalue weighted by molar-refractivity contribution is -0.123. The summed E-state index contributed by atoms with van der Waals surface area (Å²) in [6, 6.07) is 11.8. The number of halogens is 2. The highest BCUT2D eigenvalue weighted by atomic mass is 35.5. The van der Waals surface area contributed by atoms with E-state index in [1.807, 2.05) is 17.5 Å². The minimum absolute atomic E-state index is 0.338. The Labute approximate surface area is 186 Å². The Balaban J connectivity index is 1.64. The van der Waals surface area contributed by atoms with Gasteiger partial charge in [0.2, 0.25) is 0 Å². The predicted octanol–water partition coefficient (Wildman–Crippen LogP) is 5.93. The number of carbonyl (C=O) groups excluding carboxylic acids is 2. The minimum Gasteiger partial charge on any atom is -0.449 e. The zero-order chi connectivity index (χ0) is 20.8. The van der Waals surface area contributed by atoms with Crippen LogP contribution in [0.1, 0.15) is 23.0 Å². The third-order valence-corrected chi connectivity index (χ3v) is 6.11. The summed E-state index contributed by atoms with van der Waals surface area (Å²) in [5, 5.41) is 5.35. The van der Waals surface area contributed by atoms with Crippen LogP contribution in [0.3, 0.4) is 0 Å². The van der Waals surface area contributed by atoms with Gasteiger partial charge in [0.15, 0.2) is 6.10 Å². The van der Waals surface area contributed by atoms with Gasteiger partial charge in [0.25, 0.3) is 5.91 Å². The molecule has 0 aliphatic carbocycles. The number of nitrogens with zero attached hydrogens (tertiary/aromatic N) is 1. The Hall–Kier alpha value is -2.06. The number of thioether (sulfide) groups is 1. The maximum atomic E-state index is 12.6. The number of hydrogen-bond donors (Lipinski definition) is 1. The molecule has 5 nitrogen and oxygen atoms in total. The second-order valence-electron chi connectivity index (χ2n) is 5.93. The first-order valence-corrected chi connectivity index (χ1v) is 11.2. The Bertz CT molecular complexity index is 1010. The number of anilines is 1. The van der Waals surface area contributed by atoms with Gasteiger partial charge >= 0.3 is 5.97 Å². The van der Waals surface area contributed by atoms with Crippen molar-refractivity contribution in [3.8, 4) is 0 Å². The van der Waals surface area contributed by atoms with E-state index in [1.54, 1.807) is 29.8 Å². The summed E-state index contributed by atoms with van der Waals surface area (Å²) in [5.74, 6) is -0.446. The highest BCUT2D eigenvalue weighted by Crippen LogP contribution is 2.28. The van der Waals surface area contributed by atoms with Crippen molar-refractivity contribution in [1.82, 2.24) is 4.98 Å². The third-order valence-electron chi connectivity index (χ3n) is 3.81. The van der Waals surface area contributed by atoms with Crippen LogP contribution in [0.4, 0.5) is 5.69 Å². The topological polar surface area (TPSA) is 68.3 Å². The summed E-state index contributed by atoms with van der Waals surface area (Å²) in [6.07, 6.45) is -1.02. The number of aromatic nitrogens is 1. The van der Waals surface area contributed by atoms with Gasteiger partial charge in [-0.25, -0.2) is 9.78 Å². The van der Waals surface area contributed by atoms with Crippen molar-refractivity contribution in [1.29, 1.82) is 0 Å². The van der Waals surface area contributed by atoms with E-state index >= 15 is 0 Å². The molecular weight excluding hydrogens is 451 g/mol. The number of thiazole rings is 1. The number of ether oxygens (including phenoxy) is 1. The van der Waals surface area contributed by atoms with Crippen molar-refractivity contribution in [2.24, 2.45) is 0 Å². The summed E-state index contributed by atoms with van der Waals surface area (Å²) in [7, 11) is 0.